The Kier molecular flexibility index (Phi) is 6.15. The molecule has 0 atom stereocenters. The van der Waals surface area contributed by atoms with E-state index in [0.717, 1.165) is 35.6 Å². The maximum Gasteiger partial charge on any atom is 0.271 e. The molecule has 4 heterocycles. The van der Waals surface area contributed by atoms with Crippen molar-refractivity contribution in [2.75, 3.05) is 11.9 Å². The summed E-state index contributed by atoms with van der Waals surface area (Å²) in [4.78, 5) is 17.4. The van der Waals surface area contributed by atoms with Gasteiger partial charge in [-0.2, -0.15) is 4.57 Å². The van der Waals surface area contributed by atoms with Crippen molar-refractivity contribution in [1.82, 2.24) is 4.57 Å². The minimum atomic E-state index is -0.267. The van der Waals surface area contributed by atoms with Crippen LogP contribution in [-0.4, -0.2) is 11.6 Å². The fourth-order valence-electron chi connectivity index (χ4n) is 3.57. The van der Waals surface area contributed by atoms with Crippen molar-refractivity contribution < 1.29 is 8.96 Å². The van der Waals surface area contributed by atoms with Crippen molar-refractivity contribution in [3.8, 4) is 0 Å². The molecule has 164 valence electrons. The van der Waals surface area contributed by atoms with Crippen LogP contribution < -0.4 is 24.2 Å². The van der Waals surface area contributed by atoms with E-state index < -0.39 is 0 Å². The maximum absolute atomic E-state index is 13.7. The zero-order valence-electron chi connectivity index (χ0n) is 17.2. The molecule has 0 spiro atoms. The Balaban J connectivity index is 1.61. The number of rotatable bonds is 4. The lowest BCUT2D eigenvalue weighted by Gasteiger charge is -2.12. The van der Waals surface area contributed by atoms with Gasteiger partial charge in [-0.25, -0.2) is 4.39 Å². The molecule has 0 fully saturated rings. The van der Waals surface area contributed by atoms with Gasteiger partial charge in [-0.15, -0.1) is 22.7 Å². The van der Waals surface area contributed by atoms with Gasteiger partial charge in [0.25, 0.3) is 10.6 Å². The standard InChI is InChI=1S/C22H18BrFN3OS4/c1-3-27-19(11-18-26(8-9-29-18)12-14-5-7-17(23)30-14)32-20(21(27)28)22-25(2)15-6-4-13(24)10-16(15)31-22/h4-11H,3,12H2,1-2H3/q+1/b22-20+. The number of halogens is 2. The summed E-state index contributed by atoms with van der Waals surface area (Å²) in [6, 6.07) is 8.94. The van der Waals surface area contributed by atoms with E-state index in [9.17, 15) is 9.18 Å². The molecule has 4 aromatic rings. The van der Waals surface area contributed by atoms with E-state index in [1.807, 2.05) is 23.4 Å². The van der Waals surface area contributed by atoms with E-state index >= 15 is 0 Å². The first-order chi connectivity index (χ1) is 15.4. The minimum Gasteiger partial charge on any atom is -0.337 e. The fourth-order valence-corrected chi connectivity index (χ4v) is 8.39. The van der Waals surface area contributed by atoms with Crippen molar-refractivity contribution in [3.63, 3.8) is 0 Å². The molecular formula is C22H18BrFN3OS4+. The Morgan fingerprint density at radius 1 is 1.22 bits per heavy atom. The summed E-state index contributed by atoms with van der Waals surface area (Å²) in [6.45, 7) is 3.37. The number of anilines is 1. The van der Waals surface area contributed by atoms with E-state index in [4.69, 9.17) is 0 Å². The van der Waals surface area contributed by atoms with Crippen molar-refractivity contribution in [3.05, 3.63) is 80.9 Å². The van der Waals surface area contributed by atoms with Gasteiger partial charge in [-0.05, 0) is 53.2 Å². The molecule has 1 aliphatic rings. The Labute approximate surface area is 208 Å². The first-order valence-electron chi connectivity index (χ1n) is 9.82. The predicted molar refractivity (Wildman–Crippen MR) is 137 cm³/mol. The number of hydrogen-bond donors (Lipinski definition) is 0. The molecule has 0 aliphatic carbocycles. The van der Waals surface area contributed by atoms with E-state index in [-0.39, 0.29) is 11.4 Å². The molecular weight excluding hydrogens is 549 g/mol. The smallest absolute Gasteiger partial charge is 0.271 e. The highest BCUT2D eigenvalue weighted by Crippen LogP contribution is 2.45. The highest BCUT2D eigenvalue weighted by molar-refractivity contribution is 9.11. The monoisotopic (exact) mass is 566 g/mol. The van der Waals surface area contributed by atoms with Gasteiger partial charge in [0, 0.05) is 18.5 Å². The van der Waals surface area contributed by atoms with Crippen LogP contribution >= 0.6 is 61.7 Å². The molecule has 3 aromatic heterocycles. The van der Waals surface area contributed by atoms with Gasteiger partial charge in [0.2, 0.25) is 0 Å². The van der Waals surface area contributed by atoms with Gasteiger partial charge in [0.15, 0.2) is 12.7 Å². The molecule has 0 bridgehead atoms. The lowest BCUT2D eigenvalue weighted by atomic mass is 10.3. The fraction of sp³-hybridized carbons (Fsp3) is 0.182. The van der Waals surface area contributed by atoms with Gasteiger partial charge < -0.3 is 4.90 Å². The van der Waals surface area contributed by atoms with Crippen LogP contribution in [0.1, 0.15) is 16.8 Å². The summed E-state index contributed by atoms with van der Waals surface area (Å²) < 4.78 is 20.5. The van der Waals surface area contributed by atoms with Crippen LogP contribution in [0.25, 0.3) is 11.1 Å². The van der Waals surface area contributed by atoms with E-state index in [1.54, 1.807) is 28.7 Å². The van der Waals surface area contributed by atoms with Crippen LogP contribution in [0.3, 0.4) is 0 Å². The molecule has 32 heavy (non-hydrogen) atoms. The second-order valence-electron chi connectivity index (χ2n) is 7.12. The molecule has 0 N–H and O–H groups in total. The lowest BCUT2D eigenvalue weighted by Crippen LogP contribution is -2.36. The summed E-state index contributed by atoms with van der Waals surface area (Å²) >= 11 is 9.86. The average molecular weight is 568 g/mol. The molecule has 0 unspecified atom stereocenters. The zero-order chi connectivity index (χ0) is 22.4. The highest BCUT2D eigenvalue weighted by Gasteiger charge is 2.25. The van der Waals surface area contributed by atoms with Crippen molar-refractivity contribution in [1.29, 1.82) is 0 Å². The van der Waals surface area contributed by atoms with Crippen LogP contribution in [0.4, 0.5) is 10.1 Å². The summed E-state index contributed by atoms with van der Waals surface area (Å²) in [5.41, 5.74) is 0.919. The van der Waals surface area contributed by atoms with Crippen molar-refractivity contribution in [2.45, 2.75) is 24.9 Å². The molecule has 0 saturated carbocycles. The summed E-state index contributed by atoms with van der Waals surface area (Å²) in [5, 5.41) is 4.01. The lowest BCUT2D eigenvalue weighted by molar-refractivity contribution is -0.684. The highest BCUT2D eigenvalue weighted by atomic mass is 79.9. The number of thiazole rings is 2. The molecule has 0 radical (unpaired) electrons. The van der Waals surface area contributed by atoms with E-state index in [0.29, 0.717) is 11.1 Å². The number of hydrogen-bond acceptors (Lipinski definition) is 6. The van der Waals surface area contributed by atoms with Crippen LogP contribution in [0.15, 0.2) is 55.4 Å². The molecule has 5 rings (SSSR count). The Bertz CT molecular complexity index is 1500. The summed E-state index contributed by atoms with van der Waals surface area (Å²) in [7, 11) is 1.93. The zero-order valence-corrected chi connectivity index (χ0v) is 22.0. The van der Waals surface area contributed by atoms with Gasteiger partial charge in [0.1, 0.15) is 20.0 Å². The third-order valence-electron chi connectivity index (χ3n) is 5.13. The number of nitrogens with zero attached hydrogens (tertiary/aromatic N) is 3. The molecule has 1 aromatic carbocycles. The maximum atomic E-state index is 13.7. The van der Waals surface area contributed by atoms with E-state index in [1.165, 1.54) is 40.1 Å². The van der Waals surface area contributed by atoms with Crippen molar-refractivity contribution in [2.24, 2.45) is 0 Å². The van der Waals surface area contributed by atoms with Crippen LogP contribution in [0.2, 0.25) is 0 Å². The molecule has 1 aliphatic heterocycles. The first kappa shape index (κ1) is 22.1. The Hall–Kier alpha value is -1.72. The molecule has 0 amide bonds. The number of thiophene rings is 1. The molecule has 10 heteroatoms. The largest absolute Gasteiger partial charge is 0.337 e. The van der Waals surface area contributed by atoms with Crippen LogP contribution in [-0.2, 0) is 13.1 Å². The minimum absolute atomic E-state index is 0.00308. The number of benzene rings is 1. The Morgan fingerprint density at radius 2 is 2.06 bits per heavy atom. The second kappa shape index (κ2) is 8.90. The average Bonchev–Trinajstić information content (AvgIpc) is 3.51. The summed E-state index contributed by atoms with van der Waals surface area (Å²) in [6.07, 6.45) is 4.17. The topological polar surface area (TPSA) is 29.1 Å². The third-order valence-corrected chi connectivity index (χ3v) is 10.1. The van der Waals surface area contributed by atoms with Crippen LogP contribution in [0.5, 0.6) is 0 Å². The van der Waals surface area contributed by atoms with Gasteiger partial charge >= 0.3 is 0 Å². The van der Waals surface area contributed by atoms with Crippen LogP contribution in [0, 0.1) is 5.82 Å². The number of aromatic nitrogens is 2. The van der Waals surface area contributed by atoms with Crippen molar-refractivity contribution >= 4 is 78.5 Å². The van der Waals surface area contributed by atoms with Gasteiger partial charge in [0.05, 0.1) is 25.8 Å². The molecule has 0 saturated heterocycles. The van der Waals surface area contributed by atoms with Gasteiger partial charge in [-0.1, -0.05) is 23.1 Å². The normalized spacial score (nSPS) is 15.6. The number of fused-ring (bicyclic) bond motifs is 1. The Morgan fingerprint density at radius 3 is 2.81 bits per heavy atom. The summed E-state index contributed by atoms with van der Waals surface area (Å²) in [5.74, 6) is -0.267. The second-order valence-corrected chi connectivity index (χ2v) is 12.7. The first-order valence-corrected chi connectivity index (χ1v) is 13.9. The predicted octanol–water partition coefficient (Wildman–Crippen LogP) is 4.43. The molecule has 4 nitrogen and oxygen atoms in total. The quantitative estimate of drug-likeness (QED) is 0.342. The van der Waals surface area contributed by atoms with E-state index in [2.05, 4.69) is 50.3 Å². The SMILES string of the molecule is CCn1c(=O)/c(=C2\Sc3cc(F)ccc3N2C)s/c1=C\c1scc[n+]1Cc1ccc(Br)s1. The third kappa shape index (κ3) is 4.03. The number of thioether (sulfide) groups is 1. The van der Waals surface area contributed by atoms with Gasteiger partial charge in [-0.3, -0.25) is 9.36 Å².